The first-order chi connectivity index (χ1) is 13.5. The van der Waals surface area contributed by atoms with Gasteiger partial charge in [-0.3, -0.25) is 4.79 Å². The van der Waals surface area contributed by atoms with E-state index in [1.54, 1.807) is 7.05 Å². The molecular weight excluding hydrogens is 402 g/mol. The van der Waals surface area contributed by atoms with Crippen LogP contribution in [0.1, 0.15) is 6.42 Å². The fourth-order valence-corrected chi connectivity index (χ4v) is 4.60. The van der Waals surface area contributed by atoms with Crippen LogP contribution in [-0.4, -0.2) is 56.7 Å². The van der Waals surface area contributed by atoms with Crippen molar-refractivity contribution in [1.82, 2.24) is 15.0 Å². The minimum Gasteiger partial charge on any atom is -0.396 e. The summed E-state index contributed by atoms with van der Waals surface area (Å²) in [4.78, 5) is 25.7. The number of anilines is 2. The van der Waals surface area contributed by atoms with Gasteiger partial charge in [0.05, 0.1) is 21.8 Å². The number of Topliss-reactive ketones (excluding diaryl/α,β-unsaturated/α-hetero) is 1. The Morgan fingerprint density at radius 1 is 1.29 bits per heavy atom. The van der Waals surface area contributed by atoms with Crippen LogP contribution in [0.4, 0.5) is 11.8 Å². The van der Waals surface area contributed by atoms with E-state index in [1.165, 1.54) is 11.3 Å². The summed E-state index contributed by atoms with van der Waals surface area (Å²) in [5.41, 5.74) is 1.33. The summed E-state index contributed by atoms with van der Waals surface area (Å²) >= 11 is 7.89. The topological polar surface area (TPSA) is 120 Å². The van der Waals surface area contributed by atoms with Crippen molar-refractivity contribution < 1.29 is 15.0 Å². The molecule has 4 rings (SSSR count). The monoisotopic (exact) mass is 419 g/mol. The maximum atomic E-state index is 12.4. The number of nitrogens with zero attached hydrogens (tertiary/aromatic N) is 3. The molecule has 0 spiro atoms. The number of halogens is 1. The molecule has 146 valence electrons. The number of rotatable bonds is 5. The number of aromatic nitrogens is 3. The number of carbonyl (C=O) groups excluding carboxylic acids is 1. The van der Waals surface area contributed by atoms with Crippen molar-refractivity contribution in [1.29, 1.82) is 0 Å². The molecule has 1 aliphatic rings. The summed E-state index contributed by atoms with van der Waals surface area (Å²) in [5.74, 6) is -0.235. The van der Waals surface area contributed by atoms with E-state index >= 15 is 0 Å². The van der Waals surface area contributed by atoms with E-state index in [4.69, 9.17) is 11.6 Å². The third-order valence-electron chi connectivity index (χ3n) is 4.76. The van der Waals surface area contributed by atoms with Gasteiger partial charge in [-0.1, -0.05) is 23.7 Å². The smallest absolute Gasteiger partial charge is 0.225 e. The van der Waals surface area contributed by atoms with Gasteiger partial charge in [0.1, 0.15) is 22.1 Å². The molecule has 0 bridgehead atoms. The SMILES string of the molecule is CNc1nc(Cl)c(-c2nc3ccccc3s2)c(NC2CC(CO)C(O)C2=O)n1. The van der Waals surface area contributed by atoms with Gasteiger partial charge in [0.2, 0.25) is 5.95 Å². The van der Waals surface area contributed by atoms with E-state index in [9.17, 15) is 15.0 Å². The van der Waals surface area contributed by atoms with Crippen molar-refractivity contribution in [3.63, 3.8) is 0 Å². The number of ketones is 1. The summed E-state index contributed by atoms with van der Waals surface area (Å²) in [7, 11) is 1.67. The Hall–Kier alpha value is -2.33. The second-order valence-electron chi connectivity index (χ2n) is 6.52. The Labute approximate surface area is 169 Å². The number of hydrogen-bond donors (Lipinski definition) is 4. The predicted molar refractivity (Wildman–Crippen MR) is 109 cm³/mol. The van der Waals surface area contributed by atoms with E-state index < -0.39 is 18.1 Å². The second kappa shape index (κ2) is 7.59. The lowest BCUT2D eigenvalue weighted by atomic mass is 10.1. The summed E-state index contributed by atoms with van der Waals surface area (Å²) in [6.07, 6.45) is -0.902. The first-order valence-corrected chi connectivity index (χ1v) is 9.91. The van der Waals surface area contributed by atoms with Crippen molar-refractivity contribution in [2.45, 2.75) is 18.6 Å². The molecule has 2 heterocycles. The number of thiazole rings is 1. The number of nitrogens with one attached hydrogen (secondary N) is 2. The molecule has 0 saturated heterocycles. The largest absolute Gasteiger partial charge is 0.396 e. The van der Waals surface area contributed by atoms with Crippen LogP contribution in [0.5, 0.6) is 0 Å². The van der Waals surface area contributed by atoms with E-state index in [0.29, 0.717) is 28.8 Å². The Kier molecular flexibility index (Phi) is 5.15. The van der Waals surface area contributed by atoms with Crippen LogP contribution in [-0.2, 0) is 4.79 Å². The van der Waals surface area contributed by atoms with E-state index in [-0.39, 0.29) is 17.5 Å². The van der Waals surface area contributed by atoms with Gasteiger partial charge in [-0.05, 0) is 18.6 Å². The molecule has 3 atom stereocenters. The highest BCUT2D eigenvalue weighted by Gasteiger charge is 2.41. The molecule has 10 heteroatoms. The molecule has 1 aliphatic carbocycles. The maximum Gasteiger partial charge on any atom is 0.225 e. The highest BCUT2D eigenvalue weighted by Crippen LogP contribution is 2.39. The zero-order chi connectivity index (χ0) is 19.8. The average molecular weight is 420 g/mol. The lowest BCUT2D eigenvalue weighted by molar-refractivity contribution is -0.126. The molecule has 8 nitrogen and oxygen atoms in total. The van der Waals surface area contributed by atoms with Gasteiger partial charge in [-0.15, -0.1) is 11.3 Å². The quantitative estimate of drug-likeness (QED) is 0.464. The van der Waals surface area contributed by atoms with Crippen LogP contribution in [0.2, 0.25) is 5.15 Å². The highest BCUT2D eigenvalue weighted by atomic mass is 35.5. The zero-order valence-electron chi connectivity index (χ0n) is 14.9. The molecule has 1 aromatic carbocycles. The first kappa shape index (κ1) is 19.0. The van der Waals surface area contributed by atoms with Crippen LogP contribution in [0, 0.1) is 5.92 Å². The van der Waals surface area contributed by atoms with E-state index in [0.717, 1.165) is 10.2 Å². The summed E-state index contributed by atoms with van der Waals surface area (Å²) in [5, 5.41) is 26.1. The average Bonchev–Trinajstić information content (AvgIpc) is 3.23. The van der Waals surface area contributed by atoms with Crippen molar-refractivity contribution in [3.8, 4) is 10.6 Å². The van der Waals surface area contributed by atoms with Crippen LogP contribution >= 0.6 is 22.9 Å². The molecule has 3 aromatic rings. The standard InChI is InChI=1S/C18H18ClN5O3S/c1-20-18-23-15(19)12(17-22-9-4-2-3-5-11(9)28-17)16(24-18)21-10-6-8(7-25)13(26)14(10)27/h2-5,8,10,13,25-26H,6-7H2,1H3,(H2,20,21,23,24). The number of aliphatic hydroxyl groups excluding tert-OH is 2. The van der Waals surface area contributed by atoms with Crippen LogP contribution in [0.3, 0.4) is 0 Å². The Morgan fingerprint density at radius 3 is 2.75 bits per heavy atom. The van der Waals surface area contributed by atoms with Crippen LogP contribution in [0.25, 0.3) is 20.8 Å². The minimum atomic E-state index is -1.20. The Bertz CT molecular complexity index is 1010. The molecule has 1 fully saturated rings. The molecule has 0 amide bonds. The molecule has 4 N–H and O–H groups in total. The van der Waals surface area contributed by atoms with Crippen molar-refractivity contribution in [2.75, 3.05) is 24.3 Å². The molecule has 2 aromatic heterocycles. The third kappa shape index (κ3) is 3.30. The number of hydrogen-bond acceptors (Lipinski definition) is 9. The van der Waals surface area contributed by atoms with E-state index in [1.807, 2.05) is 24.3 Å². The van der Waals surface area contributed by atoms with E-state index in [2.05, 4.69) is 25.6 Å². The fourth-order valence-electron chi connectivity index (χ4n) is 3.27. The number of para-hydroxylation sites is 1. The van der Waals surface area contributed by atoms with Crippen LogP contribution in [0.15, 0.2) is 24.3 Å². The lowest BCUT2D eigenvalue weighted by Crippen LogP contribution is -2.30. The molecule has 1 saturated carbocycles. The van der Waals surface area contributed by atoms with Gasteiger partial charge in [-0.2, -0.15) is 4.98 Å². The maximum absolute atomic E-state index is 12.4. The molecule has 0 aliphatic heterocycles. The van der Waals surface area contributed by atoms with Gasteiger partial charge >= 0.3 is 0 Å². The number of fused-ring (bicyclic) bond motifs is 1. The Morgan fingerprint density at radius 2 is 2.07 bits per heavy atom. The predicted octanol–water partition coefficient (Wildman–Crippen LogP) is 2.17. The second-order valence-corrected chi connectivity index (χ2v) is 7.91. The fraction of sp³-hybridized carbons (Fsp3) is 0.333. The van der Waals surface area contributed by atoms with Gasteiger partial charge < -0.3 is 20.8 Å². The van der Waals surface area contributed by atoms with Crippen molar-refractivity contribution in [2.24, 2.45) is 5.92 Å². The number of benzene rings is 1. The highest BCUT2D eigenvalue weighted by molar-refractivity contribution is 7.21. The summed E-state index contributed by atoms with van der Waals surface area (Å²) in [6, 6.07) is 7.02. The number of aliphatic hydroxyl groups is 2. The van der Waals surface area contributed by atoms with Crippen molar-refractivity contribution >= 4 is 50.7 Å². The summed E-state index contributed by atoms with van der Waals surface area (Å²) < 4.78 is 0.991. The van der Waals surface area contributed by atoms with Gasteiger partial charge in [0.15, 0.2) is 5.78 Å². The zero-order valence-corrected chi connectivity index (χ0v) is 16.5. The minimum absolute atomic E-state index is 0.200. The Balaban J connectivity index is 1.77. The molecule has 0 radical (unpaired) electrons. The third-order valence-corrected chi connectivity index (χ3v) is 6.09. The van der Waals surface area contributed by atoms with Gasteiger partial charge in [0, 0.05) is 19.6 Å². The number of carbonyl (C=O) groups is 1. The summed E-state index contributed by atoms with van der Waals surface area (Å²) in [6.45, 7) is -0.262. The lowest BCUT2D eigenvalue weighted by Gasteiger charge is -2.16. The molecule has 28 heavy (non-hydrogen) atoms. The normalized spacial score (nSPS) is 22.0. The van der Waals surface area contributed by atoms with Gasteiger partial charge in [-0.25, -0.2) is 9.97 Å². The van der Waals surface area contributed by atoms with Gasteiger partial charge in [0.25, 0.3) is 0 Å². The van der Waals surface area contributed by atoms with Crippen LogP contribution < -0.4 is 10.6 Å². The first-order valence-electron chi connectivity index (χ1n) is 8.72. The molecule has 3 unspecified atom stereocenters. The van der Waals surface area contributed by atoms with Crippen molar-refractivity contribution in [3.05, 3.63) is 29.4 Å². The molecular formula is C18H18ClN5O3S.